The number of nitrogens with one attached hydrogen (secondary N) is 1. The van der Waals surface area contributed by atoms with E-state index >= 15 is 0 Å². The van der Waals surface area contributed by atoms with Gasteiger partial charge in [-0.3, -0.25) is 14.9 Å². The number of aromatic nitrogens is 1. The number of carboxylic acids is 1. The van der Waals surface area contributed by atoms with Crippen LogP contribution in [-0.2, 0) is 0 Å². The lowest BCUT2D eigenvalue weighted by molar-refractivity contribution is -0.386. The number of hydrogen-bond acceptors (Lipinski definition) is 4. The average Bonchev–Trinajstić information content (AvgIpc) is 2.03. The highest BCUT2D eigenvalue weighted by Gasteiger charge is 2.18. The Morgan fingerprint density at radius 3 is 2.62 bits per heavy atom. The smallest absolute Gasteiger partial charge is 0.341 e. The van der Waals surface area contributed by atoms with E-state index in [0.29, 0.717) is 0 Å². The summed E-state index contributed by atoms with van der Waals surface area (Å²) < 4.78 is 0. The molecule has 1 aromatic heterocycles. The number of carboxylic acid groups (broad SMARTS) is 1. The van der Waals surface area contributed by atoms with Gasteiger partial charge in [-0.05, 0) is 0 Å². The second kappa shape index (κ2) is 3.05. The number of nitro groups is 1. The maximum atomic E-state index is 11.0. The molecule has 1 heterocycles. The molecule has 0 aliphatic heterocycles. The standard InChI is InChI=1S/C6H4N2O5/c9-5-3(6(10)11)1-7-2-4(5)8(12)13/h1-2H,(H,7,9)(H,10,11). The van der Waals surface area contributed by atoms with Gasteiger partial charge in [-0.25, -0.2) is 4.79 Å². The molecule has 68 valence electrons. The number of aromatic amines is 1. The van der Waals surface area contributed by atoms with Gasteiger partial charge in [0.2, 0.25) is 0 Å². The highest BCUT2D eigenvalue weighted by molar-refractivity contribution is 5.87. The predicted molar refractivity (Wildman–Crippen MR) is 40.7 cm³/mol. The first-order valence-corrected chi connectivity index (χ1v) is 3.13. The summed E-state index contributed by atoms with van der Waals surface area (Å²) in [4.78, 5) is 32.8. The molecular weight excluding hydrogens is 180 g/mol. The van der Waals surface area contributed by atoms with Crippen molar-refractivity contribution in [2.45, 2.75) is 0 Å². The van der Waals surface area contributed by atoms with E-state index in [9.17, 15) is 19.7 Å². The molecule has 0 saturated carbocycles. The van der Waals surface area contributed by atoms with Crippen LogP contribution in [0.15, 0.2) is 17.2 Å². The van der Waals surface area contributed by atoms with E-state index in [-0.39, 0.29) is 0 Å². The first-order chi connectivity index (χ1) is 6.04. The zero-order chi connectivity index (χ0) is 10.0. The maximum Gasteiger partial charge on any atom is 0.341 e. The van der Waals surface area contributed by atoms with Gasteiger partial charge in [0.05, 0.1) is 11.1 Å². The van der Waals surface area contributed by atoms with Gasteiger partial charge in [-0.15, -0.1) is 0 Å². The van der Waals surface area contributed by atoms with E-state index in [2.05, 4.69) is 4.98 Å². The molecule has 1 rings (SSSR count). The Labute approximate surface area is 70.8 Å². The maximum absolute atomic E-state index is 11.0. The molecule has 0 spiro atoms. The zero-order valence-corrected chi connectivity index (χ0v) is 6.18. The lowest BCUT2D eigenvalue weighted by atomic mass is 10.2. The van der Waals surface area contributed by atoms with Crippen LogP contribution in [-0.4, -0.2) is 21.0 Å². The predicted octanol–water partition coefficient (Wildman–Crippen LogP) is -0.0187. The minimum Gasteiger partial charge on any atom is -0.477 e. The topological polar surface area (TPSA) is 113 Å². The fraction of sp³-hybridized carbons (Fsp3) is 0. The molecule has 7 heteroatoms. The SMILES string of the molecule is O=C(O)c1c[nH]cc([N+](=O)[O-])c1=O. The minimum atomic E-state index is -1.50. The molecule has 0 radical (unpaired) electrons. The van der Waals surface area contributed by atoms with Gasteiger partial charge >= 0.3 is 11.7 Å². The van der Waals surface area contributed by atoms with Gasteiger partial charge < -0.3 is 10.1 Å². The van der Waals surface area contributed by atoms with Gasteiger partial charge in [-0.1, -0.05) is 0 Å². The Kier molecular flexibility index (Phi) is 2.09. The molecule has 7 nitrogen and oxygen atoms in total. The van der Waals surface area contributed by atoms with Crippen molar-refractivity contribution in [1.82, 2.24) is 4.98 Å². The molecule has 0 aliphatic carbocycles. The fourth-order valence-electron chi connectivity index (χ4n) is 0.767. The Morgan fingerprint density at radius 1 is 1.54 bits per heavy atom. The van der Waals surface area contributed by atoms with Gasteiger partial charge in [0, 0.05) is 6.20 Å². The van der Waals surface area contributed by atoms with E-state index < -0.39 is 27.6 Å². The van der Waals surface area contributed by atoms with Crippen LogP contribution in [0.25, 0.3) is 0 Å². The van der Waals surface area contributed by atoms with Crippen molar-refractivity contribution >= 4 is 11.7 Å². The molecule has 0 amide bonds. The van der Waals surface area contributed by atoms with Gasteiger partial charge in [-0.2, -0.15) is 0 Å². The molecule has 0 atom stereocenters. The van der Waals surface area contributed by atoms with Crippen molar-refractivity contribution in [2.75, 3.05) is 0 Å². The third-order valence-electron chi connectivity index (χ3n) is 1.35. The Hall–Kier alpha value is -2.18. The number of H-pyrrole nitrogens is 1. The normalized spacial score (nSPS) is 9.54. The van der Waals surface area contributed by atoms with Gasteiger partial charge in [0.15, 0.2) is 0 Å². The summed E-state index contributed by atoms with van der Waals surface area (Å²) in [7, 11) is 0. The summed E-state index contributed by atoms with van der Waals surface area (Å²) in [6.07, 6.45) is 1.74. The minimum absolute atomic E-state index is 0.644. The molecule has 0 fully saturated rings. The Balaban J connectivity index is 3.44. The lowest BCUT2D eigenvalue weighted by Crippen LogP contribution is -2.17. The van der Waals surface area contributed by atoms with Crippen molar-refractivity contribution < 1.29 is 14.8 Å². The molecule has 2 N–H and O–H groups in total. The Bertz CT molecular complexity index is 386. The lowest BCUT2D eigenvalue weighted by Gasteiger charge is -1.92. The largest absolute Gasteiger partial charge is 0.477 e. The van der Waals surface area contributed by atoms with Crippen molar-refractivity contribution in [2.24, 2.45) is 0 Å². The van der Waals surface area contributed by atoms with Crippen LogP contribution in [0.5, 0.6) is 0 Å². The van der Waals surface area contributed by atoms with E-state index in [0.717, 1.165) is 12.4 Å². The van der Waals surface area contributed by atoms with Crippen LogP contribution in [0, 0.1) is 10.1 Å². The highest BCUT2D eigenvalue weighted by atomic mass is 16.6. The number of pyridine rings is 1. The van der Waals surface area contributed by atoms with Crippen LogP contribution in [0.4, 0.5) is 5.69 Å². The highest BCUT2D eigenvalue weighted by Crippen LogP contribution is 2.02. The van der Waals surface area contributed by atoms with E-state index in [1.165, 1.54) is 0 Å². The van der Waals surface area contributed by atoms with Crippen LogP contribution in [0.1, 0.15) is 10.4 Å². The number of nitrogens with zero attached hydrogens (tertiary/aromatic N) is 1. The quantitative estimate of drug-likeness (QED) is 0.495. The summed E-state index contributed by atoms with van der Waals surface area (Å²) in [5, 5.41) is 18.6. The third kappa shape index (κ3) is 1.53. The van der Waals surface area contributed by atoms with Crippen LogP contribution < -0.4 is 5.43 Å². The monoisotopic (exact) mass is 184 g/mol. The van der Waals surface area contributed by atoms with Gasteiger partial charge in [0.1, 0.15) is 5.56 Å². The van der Waals surface area contributed by atoms with Crippen molar-refractivity contribution in [3.05, 3.63) is 38.3 Å². The van der Waals surface area contributed by atoms with Crippen LogP contribution in [0.3, 0.4) is 0 Å². The molecule has 0 aromatic carbocycles. The number of aromatic carboxylic acids is 1. The molecule has 13 heavy (non-hydrogen) atoms. The zero-order valence-electron chi connectivity index (χ0n) is 6.18. The van der Waals surface area contributed by atoms with Crippen molar-refractivity contribution in [3.8, 4) is 0 Å². The number of carbonyl (C=O) groups is 1. The summed E-state index contributed by atoms with van der Waals surface area (Å²) in [6, 6.07) is 0. The first kappa shape index (κ1) is 8.91. The Morgan fingerprint density at radius 2 is 2.15 bits per heavy atom. The van der Waals surface area contributed by atoms with Crippen molar-refractivity contribution in [3.63, 3.8) is 0 Å². The molecule has 0 bridgehead atoms. The number of rotatable bonds is 2. The fourth-order valence-corrected chi connectivity index (χ4v) is 0.767. The molecular formula is C6H4N2O5. The van der Waals surface area contributed by atoms with E-state index in [1.807, 2.05) is 0 Å². The number of hydrogen-bond donors (Lipinski definition) is 2. The van der Waals surface area contributed by atoms with Crippen LogP contribution >= 0.6 is 0 Å². The van der Waals surface area contributed by atoms with Crippen molar-refractivity contribution in [1.29, 1.82) is 0 Å². The summed E-state index contributed by atoms with van der Waals surface area (Å²) in [6.45, 7) is 0. The third-order valence-corrected chi connectivity index (χ3v) is 1.35. The summed E-state index contributed by atoms with van der Waals surface area (Å²) in [5.41, 5.74) is -2.52. The van der Waals surface area contributed by atoms with Crippen LogP contribution in [0.2, 0.25) is 0 Å². The van der Waals surface area contributed by atoms with E-state index in [4.69, 9.17) is 5.11 Å². The molecule has 0 unspecified atom stereocenters. The first-order valence-electron chi connectivity index (χ1n) is 3.13. The average molecular weight is 184 g/mol. The molecule has 0 saturated heterocycles. The second-order valence-electron chi connectivity index (χ2n) is 2.15. The molecule has 1 aromatic rings. The van der Waals surface area contributed by atoms with Gasteiger partial charge in [0.25, 0.3) is 5.43 Å². The summed E-state index contributed by atoms with van der Waals surface area (Å²) >= 11 is 0. The summed E-state index contributed by atoms with van der Waals surface area (Å²) in [5.74, 6) is -1.50. The van der Waals surface area contributed by atoms with E-state index in [1.54, 1.807) is 0 Å². The second-order valence-corrected chi connectivity index (χ2v) is 2.15. The molecule has 0 aliphatic rings.